The molecular formula is C18H23N3OS. The van der Waals surface area contributed by atoms with Gasteiger partial charge < -0.3 is 11.1 Å². The number of benzene rings is 1. The van der Waals surface area contributed by atoms with Gasteiger partial charge in [0.15, 0.2) is 0 Å². The molecule has 23 heavy (non-hydrogen) atoms. The molecular weight excluding hydrogens is 306 g/mol. The van der Waals surface area contributed by atoms with Crippen LogP contribution in [0.4, 0.5) is 0 Å². The Kier molecular flexibility index (Phi) is 5.08. The highest BCUT2D eigenvalue weighted by molar-refractivity contribution is 7.10. The quantitative estimate of drug-likeness (QED) is 0.882. The number of rotatable bonds is 5. The topological polar surface area (TPSA) is 68.0 Å². The summed E-state index contributed by atoms with van der Waals surface area (Å²) in [6, 6.07) is 10.2. The lowest BCUT2D eigenvalue weighted by molar-refractivity contribution is -0.122. The standard InChI is InChI=1S/C18H23N3OS/c1-12(20-17(22)10-14-8-5-9-15(14)19)18-21-16(11-23-18)13-6-3-2-4-7-13/h2-4,6-7,11-12,14-15H,5,8-10,19H2,1H3,(H,20,22)/t12?,14-,15+/m0/s1. The highest BCUT2D eigenvalue weighted by Crippen LogP contribution is 2.28. The number of carbonyl (C=O) groups is 1. The smallest absolute Gasteiger partial charge is 0.220 e. The van der Waals surface area contributed by atoms with Crippen molar-refractivity contribution < 1.29 is 4.79 Å². The fraction of sp³-hybridized carbons (Fsp3) is 0.444. The van der Waals surface area contributed by atoms with Crippen LogP contribution in [0.2, 0.25) is 0 Å². The molecule has 1 fully saturated rings. The van der Waals surface area contributed by atoms with Crippen LogP contribution in [0.3, 0.4) is 0 Å². The van der Waals surface area contributed by atoms with Gasteiger partial charge in [-0.15, -0.1) is 11.3 Å². The molecule has 0 aliphatic heterocycles. The molecule has 3 N–H and O–H groups in total. The number of hydrogen-bond donors (Lipinski definition) is 2. The van der Waals surface area contributed by atoms with E-state index in [1.165, 1.54) is 0 Å². The summed E-state index contributed by atoms with van der Waals surface area (Å²) in [5, 5.41) is 6.04. The van der Waals surface area contributed by atoms with Gasteiger partial charge >= 0.3 is 0 Å². The molecule has 122 valence electrons. The third-order valence-electron chi connectivity index (χ3n) is 4.50. The first kappa shape index (κ1) is 16.1. The number of aromatic nitrogens is 1. The van der Waals surface area contributed by atoms with Crippen LogP contribution in [0.15, 0.2) is 35.7 Å². The largest absolute Gasteiger partial charge is 0.347 e. The summed E-state index contributed by atoms with van der Waals surface area (Å²) in [5.41, 5.74) is 8.11. The van der Waals surface area contributed by atoms with Crippen molar-refractivity contribution in [2.45, 2.75) is 44.7 Å². The first-order valence-electron chi connectivity index (χ1n) is 8.19. The Labute approximate surface area is 141 Å². The maximum atomic E-state index is 12.2. The Morgan fingerprint density at radius 1 is 1.39 bits per heavy atom. The summed E-state index contributed by atoms with van der Waals surface area (Å²) in [4.78, 5) is 16.9. The molecule has 4 nitrogen and oxygen atoms in total. The fourth-order valence-electron chi connectivity index (χ4n) is 3.15. The van der Waals surface area contributed by atoms with Crippen LogP contribution in [0.25, 0.3) is 11.3 Å². The summed E-state index contributed by atoms with van der Waals surface area (Å²) in [5.74, 6) is 0.412. The first-order chi connectivity index (χ1) is 11.1. The lowest BCUT2D eigenvalue weighted by atomic mass is 10.00. The van der Waals surface area contributed by atoms with Crippen molar-refractivity contribution in [2.24, 2.45) is 11.7 Å². The lowest BCUT2D eigenvalue weighted by Crippen LogP contribution is -2.32. The number of hydrogen-bond acceptors (Lipinski definition) is 4. The monoisotopic (exact) mass is 329 g/mol. The number of nitrogens with one attached hydrogen (secondary N) is 1. The molecule has 0 spiro atoms. The third kappa shape index (κ3) is 3.98. The van der Waals surface area contributed by atoms with Crippen LogP contribution in [-0.2, 0) is 4.79 Å². The van der Waals surface area contributed by atoms with E-state index in [4.69, 9.17) is 5.73 Å². The maximum Gasteiger partial charge on any atom is 0.220 e. The Balaban J connectivity index is 1.59. The van der Waals surface area contributed by atoms with Crippen LogP contribution in [0.1, 0.15) is 43.7 Å². The maximum absolute atomic E-state index is 12.2. The zero-order valence-electron chi connectivity index (χ0n) is 13.4. The van der Waals surface area contributed by atoms with E-state index in [-0.39, 0.29) is 18.0 Å². The molecule has 1 heterocycles. The highest BCUT2D eigenvalue weighted by atomic mass is 32.1. The molecule has 1 amide bonds. The minimum Gasteiger partial charge on any atom is -0.347 e. The predicted octanol–water partition coefficient (Wildman–Crippen LogP) is 3.50. The van der Waals surface area contributed by atoms with Gasteiger partial charge in [-0.05, 0) is 25.7 Å². The van der Waals surface area contributed by atoms with Gasteiger partial charge in [-0.25, -0.2) is 4.98 Å². The summed E-state index contributed by atoms with van der Waals surface area (Å²) in [6.45, 7) is 1.99. The zero-order chi connectivity index (χ0) is 16.2. The van der Waals surface area contributed by atoms with Crippen molar-refractivity contribution in [2.75, 3.05) is 0 Å². The molecule has 1 saturated carbocycles. The SMILES string of the molecule is CC(NC(=O)C[C@@H]1CCC[C@H]1N)c1nc(-c2ccccc2)cs1. The van der Waals surface area contributed by atoms with Gasteiger partial charge in [0.05, 0.1) is 11.7 Å². The number of amides is 1. The van der Waals surface area contributed by atoms with E-state index in [9.17, 15) is 4.79 Å². The molecule has 0 saturated heterocycles. The van der Waals surface area contributed by atoms with Gasteiger partial charge in [-0.3, -0.25) is 4.79 Å². The molecule has 0 bridgehead atoms. The predicted molar refractivity (Wildman–Crippen MR) is 94.0 cm³/mol. The van der Waals surface area contributed by atoms with Gasteiger partial charge in [0.25, 0.3) is 0 Å². The normalized spacial score (nSPS) is 22.0. The average molecular weight is 329 g/mol. The van der Waals surface area contributed by atoms with E-state index in [1.807, 2.05) is 42.6 Å². The second kappa shape index (κ2) is 7.23. The minimum absolute atomic E-state index is 0.0670. The van der Waals surface area contributed by atoms with Gasteiger partial charge in [0, 0.05) is 23.4 Å². The molecule has 3 rings (SSSR count). The zero-order valence-corrected chi connectivity index (χ0v) is 14.2. The van der Waals surface area contributed by atoms with Crippen LogP contribution >= 0.6 is 11.3 Å². The van der Waals surface area contributed by atoms with Crippen LogP contribution in [0.5, 0.6) is 0 Å². The van der Waals surface area contributed by atoms with Crippen molar-refractivity contribution in [3.63, 3.8) is 0 Å². The molecule has 1 aliphatic rings. The summed E-state index contributed by atoms with van der Waals surface area (Å²) >= 11 is 1.59. The Morgan fingerprint density at radius 3 is 2.87 bits per heavy atom. The molecule has 3 atom stereocenters. The number of carbonyl (C=O) groups excluding carboxylic acids is 1. The Bertz CT molecular complexity index is 655. The second-order valence-electron chi connectivity index (χ2n) is 6.29. The summed E-state index contributed by atoms with van der Waals surface area (Å²) in [7, 11) is 0. The number of nitrogens with zero attached hydrogens (tertiary/aromatic N) is 1. The molecule has 2 aromatic rings. The Hall–Kier alpha value is -1.72. The van der Waals surface area contributed by atoms with E-state index in [2.05, 4.69) is 10.3 Å². The third-order valence-corrected chi connectivity index (χ3v) is 5.53. The minimum atomic E-state index is -0.0670. The van der Waals surface area contributed by atoms with E-state index >= 15 is 0 Å². The van der Waals surface area contributed by atoms with Crippen LogP contribution in [0, 0.1) is 5.92 Å². The van der Waals surface area contributed by atoms with Crippen molar-refractivity contribution in [1.82, 2.24) is 10.3 Å². The molecule has 0 radical (unpaired) electrons. The van der Waals surface area contributed by atoms with Crippen molar-refractivity contribution >= 4 is 17.2 Å². The van der Waals surface area contributed by atoms with Gasteiger partial charge in [-0.2, -0.15) is 0 Å². The van der Waals surface area contributed by atoms with E-state index < -0.39 is 0 Å². The van der Waals surface area contributed by atoms with Crippen molar-refractivity contribution in [3.8, 4) is 11.3 Å². The molecule has 1 aromatic carbocycles. The Morgan fingerprint density at radius 2 is 2.17 bits per heavy atom. The van der Waals surface area contributed by atoms with E-state index in [1.54, 1.807) is 11.3 Å². The van der Waals surface area contributed by atoms with Gasteiger partial charge in [-0.1, -0.05) is 36.8 Å². The van der Waals surface area contributed by atoms with Gasteiger partial charge in [0.2, 0.25) is 5.91 Å². The number of nitrogens with two attached hydrogens (primary N) is 1. The van der Waals surface area contributed by atoms with E-state index in [0.29, 0.717) is 12.3 Å². The lowest BCUT2D eigenvalue weighted by Gasteiger charge is -2.17. The summed E-state index contributed by atoms with van der Waals surface area (Å²) in [6.07, 6.45) is 3.78. The number of thiazole rings is 1. The fourth-order valence-corrected chi connectivity index (χ4v) is 3.98. The van der Waals surface area contributed by atoms with Crippen LogP contribution < -0.4 is 11.1 Å². The second-order valence-corrected chi connectivity index (χ2v) is 7.17. The molecule has 1 aliphatic carbocycles. The average Bonchev–Trinajstić information content (AvgIpc) is 3.18. The van der Waals surface area contributed by atoms with Crippen molar-refractivity contribution in [3.05, 3.63) is 40.7 Å². The first-order valence-corrected chi connectivity index (χ1v) is 9.07. The van der Waals surface area contributed by atoms with Crippen LogP contribution in [-0.4, -0.2) is 16.9 Å². The molecule has 1 unspecified atom stereocenters. The highest BCUT2D eigenvalue weighted by Gasteiger charge is 2.26. The van der Waals surface area contributed by atoms with Gasteiger partial charge in [0.1, 0.15) is 5.01 Å². The van der Waals surface area contributed by atoms with Crippen molar-refractivity contribution in [1.29, 1.82) is 0 Å². The van der Waals surface area contributed by atoms with E-state index in [0.717, 1.165) is 35.5 Å². The molecule has 1 aromatic heterocycles. The molecule has 5 heteroatoms. The summed E-state index contributed by atoms with van der Waals surface area (Å²) < 4.78 is 0.